The maximum Gasteiger partial charge on any atom is 0.237 e. The SMILES string of the molecule is COCCN1CC(=O)N2[C@H](C[C@@H](C(=O)NCc3ccccn3)[C@H]2c2ccccc2)C1. The van der Waals surface area contributed by atoms with Crippen LogP contribution in [0.15, 0.2) is 54.7 Å². The zero-order valence-electron chi connectivity index (χ0n) is 17.2. The maximum atomic E-state index is 13.2. The van der Waals surface area contributed by atoms with Crippen LogP contribution in [0, 0.1) is 5.92 Å². The van der Waals surface area contributed by atoms with Crippen molar-refractivity contribution in [3.05, 3.63) is 66.0 Å². The number of rotatable bonds is 7. The summed E-state index contributed by atoms with van der Waals surface area (Å²) in [5, 5.41) is 3.04. The lowest BCUT2D eigenvalue weighted by molar-refractivity contribution is -0.141. The first-order chi connectivity index (χ1) is 14.7. The van der Waals surface area contributed by atoms with Crippen molar-refractivity contribution in [2.24, 2.45) is 5.92 Å². The van der Waals surface area contributed by atoms with Gasteiger partial charge in [-0.25, -0.2) is 0 Å². The molecule has 158 valence electrons. The van der Waals surface area contributed by atoms with E-state index < -0.39 is 0 Å². The second kappa shape index (κ2) is 9.36. The van der Waals surface area contributed by atoms with Gasteiger partial charge in [0.1, 0.15) is 0 Å². The van der Waals surface area contributed by atoms with E-state index in [1.807, 2.05) is 53.4 Å². The molecule has 4 rings (SSSR count). The van der Waals surface area contributed by atoms with Crippen LogP contribution in [0.5, 0.6) is 0 Å². The molecule has 2 aliphatic rings. The molecule has 2 aliphatic heterocycles. The van der Waals surface area contributed by atoms with Crippen molar-refractivity contribution in [2.75, 3.05) is 33.4 Å². The summed E-state index contributed by atoms with van der Waals surface area (Å²) in [6.07, 6.45) is 2.38. The summed E-state index contributed by atoms with van der Waals surface area (Å²) in [5.74, 6) is -0.233. The summed E-state index contributed by atoms with van der Waals surface area (Å²) in [6, 6.07) is 15.3. The zero-order chi connectivity index (χ0) is 20.9. The van der Waals surface area contributed by atoms with Gasteiger partial charge in [0.05, 0.1) is 37.4 Å². The van der Waals surface area contributed by atoms with E-state index in [1.165, 1.54) is 0 Å². The number of amides is 2. The molecule has 0 radical (unpaired) electrons. The Morgan fingerprint density at radius 3 is 2.73 bits per heavy atom. The Morgan fingerprint density at radius 2 is 2.00 bits per heavy atom. The molecule has 0 saturated carbocycles. The Balaban J connectivity index is 1.54. The number of hydrogen-bond donors (Lipinski definition) is 1. The third kappa shape index (κ3) is 4.37. The fourth-order valence-corrected chi connectivity index (χ4v) is 4.61. The average Bonchev–Trinajstić information content (AvgIpc) is 3.17. The number of nitrogens with zero attached hydrogens (tertiary/aromatic N) is 3. The molecule has 30 heavy (non-hydrogen) atoms. The van der Waals surface area contributed by atoms with Gasteiger partial charge >= 0.3 is 0 Å². The molecule has 1 aromatic heterocycles. The zero-order valence-corrected chi connectivity index (χ0v) is 17.2. The van der Waals surface area contributed by atoms with Crippen molar-refractivity contribution in [1.29, 1.82) is 0 Å². The van der Waals surface area contributed by atoms with E-state index in [4.69, 9.17) is 4.74 Å². The molecule has 0 spiro atoms. The second-order valence-corrected chi connectivity index (χ2v) is 7.92. The molecule has 2 aromatic rings. The summed E-state index contributed by atoms with van der Waals surface area (Å²) < 4.78 is 5.18. The second-order valence-electron chi connectivity index (χ2n) is 7.92. The Hall–Kier alpha value is -2.77. The third-order valence-electron chi connectivity index (χ3n) is 5.98. The van der Waals surface area contributed by atoms with E-state index in [1.54, 1.807) is 13.3 Å². The van der Waals surface area contributed by atoms with Gasteiger partial charge in [0.15, 0.2) is 0 Å². The highest BCUT2D eigenvalue weighted by atomic mass is 16.5. The predicted octanol–water partition coefficient (Wildman–Crippen LogP) is 1.62. The fraction of sp³-hybridized carbons (Fsp3) is 0.435. The largest absolute Gasteiger partial charge is 0.383 e. The molecule has 2 fully saturated rings. The molecule has 1 N–H and O–H groups in total. The van der Waals surface area contributed by atoms with Crippen LogP contribution in [0.3, 0.4) is 0 Å². The summed E-state index contributed by atoms with van der Waals surface area (Å²) in [4.78, 5) is 34.6. The summed E-state index contributed by atoms with van der Waals surface area (Å²) in [6.45, 7) is 2.83. The van der Waals surface area contributed by atoms with Crippen molar-refractivity contribution in [1.82, 2.24) is 20.1 Å². The standard InChI is InChI=1S/C23H28N4O3/c1-30-12-11-26-15-19-13-20(23(29)25-14-18-9-5-6-10-24-18)22(27(19)21(28)16-26)17-7-3-2-4-8-17/h2-10,19-20,22H,11-16H2,1H3,(H,25,29)/t19-,20-,22-/m1/s1. The number of aromatic nitrogens is 1. The first-order valence-electron chi connectivity index (χ1n) is 10.4. The molecule has 3 atom stereocenters. The van der Waals surface area contributed by atoms with Crippen LogP contribution in [0.4, 0.5) is 0 Å². The number of nitrogens with one attached hydrogen (secondary N) is 1. The van der Waals surface area contributed by atoms with Crippen LogP contribution in [0.2, 0.25) is 0 Å². The number of fused-ring (bicyclic) bond motifs is 1. The molecule has 7 nitrogen and oxygen atoms in total. The van der Waals surface area contributed by atoms with Gasteiger partial charge in [-0.3, -0.25) is 19.5 Å². The van der Waals surface area contributed by atoms with Gasteiger partial charge in [-0.1, -0.05) is 36.4 Å². The molecule has 1 aromatic carbocycles. The van der Waals surface area contributed by atoms with E-state index in [2.05, 4.69) is 15.2 Å². The van der Waals surface area contributed by atoms with E-state index in [9.17, 15) is 9.59 Å². The van der Waals surface area contributed by atoms with Crippen LogP contribution >= 0.6 is 0 Å². The number of hydrogen-bond acceptors (Lipinski definition) is 5. The van der Waals surface area contributed by atoms with Crippen molar-refractivity contribution in [3.63, 3.8) is 0 Å². The van der Waals surface area contributed by atoms with Crippen LogP contribution in [0.1, 0.15) is 23.7 Å². The molecule has 0 bridgehead atoms. The summed E-state index contributed by atoms with van der Waals surface area (Å²) in [7, 11) is 1.67. The van der Waals surface area contributed by atoms with Gasteiger partial charge in [-0.2, -0.15) is 0 Å². The van der Waals surface area contributed by atoms with Crippen LogP contribution in [0.25, 0.3) is 0 Å². The molecular weight excluding hydrogens is 380 g/mol. The Bertz CT molecular complexity index is 861. The number of ether oxygens (including phenoxy) is 1. The number of benzene rings is 1. The minimum Gasteiger partial charge on any atom is -0.383 e. The van der Waals surface area contributed by atoms with Crippen LogP contribution in [-0.4, -0.2) is 66.0 Å². The lowest BCUT2D eigenvalue weighted by Crippen LogP contribution is -2.54. The first-order valence-corrected chi connectivity index (χ1v) is 10.4. The maximum absolute atomic E-state index is 13.2. The predicted molar refractivity (Wildman–Crippen MR) is 112 cm³/mol. The van der Waals surface area contributed by atoms with Crippen LogP contribution < -0.4 is 5.32 Å². The van der Waals surface area contributed by atoms with Gasteiger partial charge < -0.3 is 15.0 Å². The minimum absolute atomic E-state index is 0.0268. The highest BCUT2D eigenvalue weighted by Gasteiger charge is 2.49. The quantitative estimate of drug-likeness (QED) is 0.754. The van der Waals surface area contributed by atoms with Crippen molar-refractivity contribution < 1.29 is 14.3 Å². The van der Waals surface area contributed by atoms with Gasteiger partial charge in [0, 0.05) is 32.4 Å². The van der Waals surface area contributed by atoms with Crippen molar-refractivity contribution >= 4 is 11.8 Å². The first kappa shape index (κ1) is 20.5. The van der Waals surface area contributed by atoms with E-state index in [0.717, 1.165) is 24.3 Å². The average molecular weight is 409 g/mol. The highest BCUT2D eigenvalue weighted by Crippen LogP contribution is 2.43. The van der Waals surface area contributed by atoms with Gasteiger partial charge in [0.2, 0.25) is 11.8 Å². The molecule has 0 aliphatic carbocycles. The summed E-state index contributed by atoms with van der Waals surface area (Å²) >= 11 is 0. The summed E-state index contributed by atoms with van der Waals surface area (Å²) in [5.41, 5.74) is 1.83. The van der Waals surface area contributed by atoms with Crippen molar-refractivity contribution in [3.8, 4) is 0 Å². The van der Waals surface area contributed by atoms with Crippen molar-refractivity contribution in [2.45, 2.75) is 25.0 Å². The lowest BCUT2D eigenvalue weighted by Gasteiger charge is -2.40. The number of carbonyl (C=O) groups excluding carboxylic acids is 2. The van der Waals surface area contributed by atoms with Gasteiger partial charge in [0.25, 0.3) is 0 Å². The number of carbonyl (C=O) groups is 2. The number of piperazine rings is 1. The fourth-order valence-electron chi connectivity index (χ4n) is 4.61. The molecule has 0 unspecified atom stereocenters. The third-order valence-corrected chi connectivity index (χ3v) is 5.98. The Morgan fingerprint density at radius 1 is 1.20 bits per heavy atom. The lowest BCUT2D eigenvalue weighted by atomic mass is 9.92. The van der Waals surface area contributed by atoms with E-state index >= 15 is 0 Å². The molecule has 3 heterocycles. The van der Waals surface area contributed by atoms with Gasteiger partial charge in [-0.15, -0.1) is 0 Å². The van der Waals surface area contributed by atoms with Crippen LogP contribution in [-0.2, 0) is 20.9 Å². The number of pyridine rings is 1. The molecule has 2 amide bonds. The number of methoxy groups -OCH3 is 1. The molecule has 2 saturated heterocycles. The highest BCUT2D eigenvalue weighted by molar-refractivity contribution is 5.85. The molecular formula is C23H28N4O3. The van der Waals surface area contributed by atoms with E-state index in [-0.39, 0.29) is 29.8 Å². The Labute approximate surface area is 177 Å². The topological polar surface area (TPSA) is 74.8 Å². The van der Waals surface area contributed by atoms with E-state index in [0.29, 0.717) is 26.1 Å². The minimum atomic E-state index is -0.285. The monoisotopic (exact) mass is 408 g/mol. The Kier molecular flexibility index (Phi) is 6.40. The molecule has 7 heteroatoms. The van der Waals surface area contributed by atoms with Gasteiger partial charge in [-0.05, 0) is 24.1 Å². The normalized spacial score (nSPS) is 24.0. The smallest absolute Gasteiger partial charge is 0.237 e.